The number of hydrogen-bond acceptors (Lipinski definition) is 7. The van der Waals surface area contributed by atoms with E-state index in [0.29, 0.717) is 31.8 Å². The quantitative estimate of drug-likeness (QED) is 0.341. The fourth-order valence-electron chi connectivity index (χ4n) is 3.80. The molecule has 1 saturated heterocycles. The lowest BCUT2D eigenvalue weighted by Crippen LogP contribution is -2.48. The van der Waals surface area contributed by atoms with Crippen LogP contribution in [0.15, 0.2) is 6.20 Å². The normalized spacial score (nSPS) is 20.9. The van der Waals surface area contributed by atoms with Crippen molar-refractivity contribution in [2.45, 2.75) is 58.2 Å². The van der Waals surface area contributed by atoms with Gasteiger partial charge in [0.05, 0.1) is 6.54 Å². The number of nitrogens with zero attached hydrogens (tertiary/aromatic N) is 5. The average molecular weight is 396 g/mol. The molecule has 9 heteroatoms. The minimum atomic E-state index is -0.505. The average Bonchev–Trinajstić information content (AvgIpc) is 3.11. The lowest BCUT2D eigenvalue weighted by Gasteiger charge is -2.36. The lowest BCUT2D eigenvalue weighted by atomic mass is 10.1. The van der Waals surface area contributed by atoms with Gasteiger partial charge in [-0.3, -0.25) is 9.47 Å². The third-order valence-electron chi connectivity index (χ3n) is 5.57. The highest BCUT2D eigenvalue weighted by Crippen LogP contribution is 2.22. The van der Waals surface area contributed by atoms with E-state index in [1.54, 1.807) is 4.57 Å². The van der Waals surface area contributed by atoms with Crippen LogP contribution in [0.3, 0.4) is 0 Å². The number of hydrogen-bond donors (Lipinski definition) is 0. The summed E-state index contributed by atoms with van der Waals surface area (Å²) in [5.74, 6) is -0.179. The van der Waals surface area contributed by atoms with E-state index in [-0.39, 0.29) is 11.9 Å². The van der Waals surface area contributed by atoms with Crippen LogP contribution in [0.25, 0.3) is 0 Å². The summed E-state index contributed by atoms with van der Waals surface area (Å²) in [4.78, 5) is 19.2. The summed E-state index contributed by atoms with van der Waals surface area (Å²) in [6.45, 7) is 12.2. The standard InChI is InChI=1S/C19H33N5O4/c1-16(2)22-10-8-21(9-11-22)7-5-3-4-6-12-27-17-13-23-14-18(24(25)26)20-19(23)28-15-17/h14,16-17H,3-13,15H2,1-2H3/t17-/m0/s1. The Morgan fingerprint density at radius 1 is 1.25 bits per heavy atom. The van der Waals surface area contributed by atoms with Crippen LogP contribution in [0.5, 0.6) is 6.01 Å². The van der Waals surface area contributed by atoms with E-state index >= 15 is 0 Å². The Labute approximate surface area is 166 Å². The van der Waals surface area contributed by atoms with E-state index < -0.39 is 4.92 Å². The van der Waals surface area contributed by atoms with E-state index in [2.05, 4.69) is 28.6 Å². The second kappa shape index (κ2) is 10.2. The Balaban J connectivity index is 1.22. The molecule has 2 aliphatic heterocycles. The van der Waals surface area contributed by atoms with Crippen LogP contribution in [0.4, 0.5) is 5.82 Å². The van der Waals surface area contributed by atoms with Gasteiger partial charge in [0.15, 0.2) is 0 Å². The van der Waals surface area contributed by atoms with Crippen molar-refractivity contribution in [1.29, 1.82) is 0 Å². The van der Waals surface area contributed by atoms with Gasteiger partial charge >= 0.3 is 11.8 Å². The number of nitro groups is 1. The minimum Gasteiger partial charge on any atom is -0.443 e. The summed E-state index contributed by atoms with van der Waals surface area (Å²) in [5, 5.41) is 10.8. The van der Waals surface area contributed by atoms with Gasteiger partial charge in [0.1, 0.15) is 18.9 Å². The summed E-state index contributed by atoms with van der Waals surface area (Å²) >= 11 is 0. The molecule has 0 radical (unpaired) electrons. The highest BCUT2D eigenvalue weighted by Gasteiger charge is 2.28. The summed E-state index contributed by atoms with van der Waals surface area (Å²) in [6, 6.07) is 0.966. The highest BCUT2D eigenvalue weighted by atomic mass is 16.6. The molecule has 3 heterocycles. The number of aromatic nitrogens is 2. The Bertz CT molecular complexity index is 628. The van der Waals surface area contributed by atoms with Crippen LogP contribution in [-0.2, 0) is 11.3 Å². The summed E-state index contributed by atoms with van der Waals surface area (Å²) in [6.07, 6.45) is 6.02. The molecule has 0 saturated carbocycles. The molecule has 2 aliphatic rings. The fourth-order valence-corrected chi connectivity index (χ4v) is 3.80. The molecule has 1 aromatic heterocycles. The van der Waals surface area contributed by atoms with Crippen LogP contribution in [-0.4, -0.2) is 82.4 Å². The molecule has 1 fully saturated rings. The number of fused-ring (bicyclic) bond motifs is 1. The third-order valence-corrected chi connectivity index (χ3v) is 5.57. The maximum atomic E-state index is 10.8. The largest absolute Gasteiger partial charge is 0.443 e. The summed E-state index contributed by atoms with van der Waals surface area (Å²) in [5.41, 5.74) is 0. The first-order valence-electron chi connectivity index (χ1n) is 10.5. The molecule has 0 unspecified atom stereocenters. The Hall–Kier alpha value is -1.71. The number of piperazine rings is 1. The van der Waals surface area contributed by atoms with Crippen molar-refractivity contribution in [3.63, 3.8) is 0 Å². The maximum Gasteiger partial charge on any atom is 0.414 e. The number of unbranched alkanes of at least 4 members (excludes halogenated alkanes) is 3. The molecule has 158 valence electrons. The molecule has 0 amide bonds. The minimum absolute atomic E-state index is 0.0708. The smallest absolute Gasteiger partial charge is 0.414 e. The van der Waals surface area contributed by atoms with Gasteiger partial charge in [0, 0.05) is 43.8 Å². The maximum absolute atomic E-state index is 10.8. The predicted octanol–water partition coefficient (Wildman–Crippen LogP) is 2.16. The summed E-state index contributed by atoms with van der Waals surface area (Å²) in [7, 11) is 0. The van der Waals surface area contributed by atoms with Gasteiger partial charge < -0.3 is 24.5 Å². The summed E-state index contributed by atoms with van der Waals surface area (Å²) < 4.78 is 13.0. The molecular weight excluding hydrogens is 362 g/mol. The van der Waals surface area contributed by atoms with Crippen molar-refractivity contribution in [1.82, 2.24) is 19.4 Å². The van der Waals surface area contributed by atoms with Crippen molar-refractivity contribution in [2.24, 2.45) is 0 Å². The lowest BCUT2D eigenvalue weighted by molar-refractivity contribution is -0.389. The van der Waals surface area contributed by atoms with Gasteiger partial charge in [-0.15, -0.1) is 0 Å². The topological polar surface area (TPSA) is 85.9 Å². The van der Waals surface area contributed by atoms with Crippen LogP contribution in [0.2, 0.25) is 0 Å². The second-order valence-corrected chi connectivity index (χ2v) is 7.98. The monoisotopic (exact) mass is 395 g/mol. The third kappa shape index (κ3) is 5.89. The van der Waals surface area contributed by atoms with E-state index in [4.69, 9.17) is 9.47 Å². The molecule has 0 spiro atoms. The van der Waals surface area contributed by atoms with Gasteiger partial charge in [0.25, 0.3) is 0 Å². The number of ether oxygens (including phenoxy) is 2. The number of rotatable bonds is 10. The van der Waals surface area contributed by atoms with Crippen LogP contribution in [0.1, 0.15) is 39.5 Å². The second-order valence-electron chi connectivity index (χ2n) is 7.98. The molecule has 0 aliphatic carbocycles. The van der Waals surface area contributed by atoms with Crippen LogP contribution < -0.4 is 4.74 Å². The highest BCUT2D eigenvalue weighted by molar-refractivity contribution is 5.21. The zero-order valence-electron chi connectivity index (χ0n) is 17.1. The van der Waals surface area contributed by atoms with E-state index in [0.717, 1.165) is 6.42 Å². The zero-order valence-corrected chi connectivity index (χ0v) is 17.1. The van der Waals surface area contributed by atoms with Crippen molar-refractivity contribution in [3.05, 3.63) is 16.3 Å². The molecule has 0 bridgehead atoms. The van der Waals surface area contributed by atoms with Crippen LogP contribution >= 0.6 is 0 Å². The van der Waals surface area contributed by atoms with E-state index in [1.807, 2.05) is 0 Å². The van der Waals surface area contributed by atoms with Gasteiger partial charge in [0.2, 0.25) is 0 Å². The first-order chi connectivity index (χ1) is 13.5. The van der Waals surface area contributed by atoms with Gasteiger partial charge in [-0.25, -0.2) is 0 Å². The van der Waals surface area contributed by atoms with Gasteiger partial charge in [-0.2, -0.15) is 0 Å². The van der Waals surface area contributed by atoms with Crippen molar-refractivity contribution in [3.8, 4) is 6.01 Å². The molecule has 28 heavy (non-hydrogen) atoms. The van der Waals surface area contributed by atoms with Crippen molar-refractivity contribution in [2.75, 3.05) is 45.9 Å². The first-order valence-corrected chi connectivity index (χ1v) is 10.5. The molecule has 1 atom stereocenters. The molecule has 1 aromatic rings. The Morgan fingerprint density at radius 3 is 2.71 bits per heavy atom. The zero-order chi connectivity index (χ0) is 19.9. The predicted molar refractivity (Wildman–Crippen MR) is 106 cm³/mol. The fraction of sp³-hybridized carbons (Fsp3) is 0.842. The molecular formula is C19H33N5O4. The molecule has 0 N–H and O–H groups in total. The van der Waals surface area contributed by atoms with Crippen molar-refractivity contribution < 1.29 is 14.4 Å². The molecule has 3 rings (SSSR count). The Morgan fingerprint density at radius 2 is 2.00 bits per heavy atom. The molecule has 0 aromatic carbocycles. The Kier molecular flexibility index (Phi) is 7.64. The first kappa shape index (κ1) is 21.0. The van der Waals surface area contributed by atoms with Gasteiger partial charge in [-0.05, 0) is 38.2 Å². The number of imidazole rings is 1. The van der Waals surface area contributed by atoms with Crippen LogP contribution in [0, 0.1) is 10.1 Å². The van der Waals surface area contributed by atoms with E-state index in [1.165, 1.54) is 58.2 Å². The molecule has 9 nitrogen and oxygen atoms in total. The van der Waals surface area contributed by atoms with Gasteiger partial charge in [-0.1, -0.05) is 12.8 Å². The van der Waals surface area contributed by atoms with E-state index in [9.17, 15) is 10.1 Å². The van der Waals surface area contributed by atoms with Crippen molar-refractivity contribution >= 4 is 5.82 Å². The SMILES string of the molecule is CC(C)N1CCN(CCCCCCO[C@@H]2COc3nc([N+](=O)[O-])cn3C2)CC1.